The Labute approximate surface area is 215 Å². The smallest absolute Gasteiger partial charge is 0.677 e. The predicted molar refractivity (Wildman–Crippen MR) is 142 cm³/mol. The van der Waals surface area contributed by atoms with Gasteiger partial charge in [-0.05, 0) is 0 Å². The van der Waals surface area contributed by atoms with Crippen molar-refractivity contribution < 1.29 is 21.7 Å². The van der Waals surface area contributed by atoms with Gasteiger partial charge in [-0.2, -0.15) is 17.7 Å². The molecule has 1 N–H and O–H groups in total. The first kappa shape index (κ1) is 30.8. The molecule has 0 fully saturated rings. The van der Waals surface area contributed by atoms with Gasteiger partial charge in [-0.3, -0.25) is 6.08 Å². The Balaban J connectivity index is 0.000000458. The molecule has 171 valence electrons. The minimum absolute atomic E-state index is 0. The Bertz CT molecular complexity index is 725. The van der Waals surface area contributed by atoms with Crippen molar-refractivity contribution in [1.29, 1.82) is 0 Å². The number of unbranched alkanes of at least 4 members (excludes halogenated alkanes) is 5. The van der Waals surface area contributed by atoms with Crippen LogP contribution in [0.25, 0.3) is 5.73 Å². The summed E-state index contributed by atoms with van der Waals surface area (Å²) in [5.74, 6) is 0.560. The Hall–Kier alpha value is -1.19. The Kier molecular flexibility index (Phi) is 18.6. The van der Waals surface area contributed by atoms with Gasteiger partial charge in [0, 0.05) is 0 Å². The van der Waals surface area contributed by atoms with Gasteiger partial charge >= 0.3 is 21.7 Å². The third kappa shape index (κ3) is 13.4. The van der Waals surface area contributed by atoms with E-state index in [9.17, 15) is 0 Å². The van der Waals surface area contributed by atoms with E-state index in [0.717, 1.165) is 6.42 Å². The average molecular weight is 481 g/mol. The zero-order chi connectivity index (χ0) is 22.9. The Morgan fingerprint density at radius 2 is 1.25 bits per heavy atom. The fraction of sp³-hybridized carbons (Fsp3) is 0.448. The second-order valence-electron chi connectivity index (χ2n) is 8.28. The first-order valence-electron chi connectivity index (χ1n) is 11.9. The molecule has 0 bridgehead atoms. The van der Waals surface area contributed by atoms with Gasteiger partial charge in [0.15, 0.2) is 0 Å². The molecule has 1 radical (unpaired) electrons. The number of benzene rings is 2. The van der Waals surface area contributed by atoms with Crippen molar-refractivity contribution >= 4 is 19.9 Å². The zero-order valence-corrected chi connectivity index (χ0v) is 23.6. The van der Waals surface area contributed by atoms with Crippen molar-refractivity contribution in [2.45, 2.75) is 73.1 Å². The van der Waals surface area contributed by atoms with Gasteiger partial charge in [0.05, 0.1) is 0 Å². The molecule has 32 heavy (non-hydrogen) atoms. The average Bonchev–Trinajstić information content (AvgIpc) is 3.01. The first-order valence-corrected chi connectivity index (χ1v) is 13.0. The molecule has 1 nitrogen and oxygen atoms in total. The monoisotopic (exact) mass is 480 g/mol. The molecular formula is C29H42NSiTi. The van der Waals surface area contributed by atoms with Crippen LogP contribution in [-0.2, 0) is 21.7 Å². The van der Waals surface area contributed by atoms with Gasteiger partial charge in [-0.15, -0.1) is 6.92 Å². The molecule has 1 unspecified atom stereocenters. The van der Waals surface area contributed by atoms with E-state index in [0.29, 0.717) is 12.5 Å². The third-order valence-electron chi connectivity index (χ3n) is 5.70. The van der Waals surface area contributed by atoms with E-state index in [4.69, 9.17) is 5.73 Å². The van der Waals surface area contributed by atoms with Crippen LogP contribution < -0.4 is 10.4 Å². The van der Waals surface area contributed by atoms with E-state index in [2.05, 4.69) is 101 Å². The number of rotatable bonds is 8. The SMILES string of the molecule is CC1=[C-]C(C)C(C)=C1C.CCCCCCCC[NH-].[Ti+2].c1ccc([SiH]c2ccccc2)cc1. The normalized spacial score (nSPS) is 14.4. The van der Waals surface area contributed by atoms with Crippen LogP contribution >= 0.6 is 0 Å². The van der Waals surface area contributed by atoms with Crippen molar-refractivity contribution in [2.75, 3.05) is 6.54 Å². The molecule has 0 amide bonds. The van der Waals surface area contributed by atoms with Crippen LogP contribution in [-0.4, -0.2) is 16.1 Å². The molecule has 3 rings (SSSR count). The number of hydrogen-bond donors (Lipinski definition) is 0. The summed E-state index contributed by atoms with van der Waals surface area (Å²) < 4.78 is 0. The summed E-state index contributed by atoms with van der Waals surface area (Å²) in [7, 11) is 0.271. The van der Waals surface area contributed by atoms with E-state index >= 15 is 0 Å². The van der Waals surface area contributed by atoms with Gasteiger partial charge in [-0.25, -0.2) is 5.57 Å². The largest absolute Gasteiger partial charge is 2.00 e. The summed E-state index contributed by atoms with van der Waals surface area (Å²) in [4.78, 5) is 0. The van der Waals surface area contributed by atoms with Crippen molar-refractivity contribution in [2.24, 2.45) is 5.92 Å². The second kappa shape index (κ2) is 19.3. The van der Waals surface area contributed by atoms with Crippen LogP contribution in [0.1, 0.15) is 73.1 Å². The standard InChI is InChI=1S/C12H11Si.C9H13.C8H18N.Ti/c1-3-7-11(8-4-1)13-12-9-5-2-6-10-12;1-6-5-7(2)9(4)8(6)3;1-2-3-4-5-6-7-8-9;/h1-10,13H;6H,1-4H3;9H,2-8H2,1H3;/q;2*-1;+2. The maximum absolute atomic E-state index is 6.88. The fourth-order valence-corrected chi connectivity index (χ4v) is 4.57. The second-order valence-corrected chi connectivity index (χ2v) is 9.90. The third-order valence-corrected chi connectivity index (χ3v) is 7.14. The Morgan fingerprint density at radius 1 is 0.781 bits per heavy atom. The van der Waals surface area contributed by atoms with Crippen molar-refractivity contribution in [3.63, 3.8) is 0 Å². The predicted octanol–water partition coefficient (Wildman–Crippen LogP) is 7.19. The van der Waals surface area contributed by atoms with Crippen molar-refractivity contribution in [3.05, 3.63) is 89.2 Å². The van der Waals surface area contributed by atoms with Crippen LogP contribution in [0.15, 0.2) is 77.4 Å². The molecule has 2 aromatic rings. The maximum atomic E-state index is 6.88. The summed E-state index contributed by atoms with van der Waals surface area (Å²) in [5, 5.41) is 2.90. The molecule has 2 aromatic carbocycles. The van der Waals surface area contributed by atoms with Crippen molar-refractivity contribution in [1.82, 2.24) is 0 Å². The topological polar surface area (TPSA) is 23.8 Å². The number of nitrogens with one attached hydrogen (secondary N) is 1. The first-order chi connectivity index (χ1) is 15.0. The van der Waals surface area contributed by atoms with Gasteiger partial charge in [0.2, 0.25) is 0 Å². The number of allylic oxidation sites excluding steroid dienone is 4. The van der Waals surface area contributed by atoms with E-state index < -0.39 is 0 Å². The van der Waals surface area contributed by atoms with E-state index in [-0.39, 0.29) is 31.2 Å². The zero-order valence-electron chi connectivity index (χ0n) is 20.9. The quantitative estimate of drug-likeness (QED) is 0.217. The van der Waals surface area contributed by atoms with Gasteiger partial charge in [-0.1, -0.05) is 143 Å². The molecule has 1 aliphatic carbocycles. The minimum Gasteiger partial charge on any atom is -0.677 e. The van der Waals surface area contributed by atoms with Gasteiger partial charge in [0.1, 0.15) is 9.52 Å². The molecule has 1 atom stereocenters. The van der Waals surface area contributed by atoms with Crippen LogP contribution in [0, 0.1) is 12.0 Å². The molecule has 0 aromatic heterocycles. The van der Waals surface area contributed by atoms with Crippen LogP contribution in [0.3, 0.4) is 0 Å². The molecule has 0 saturated carbocycles. The van der Waals surface area contributed by atoms with E-state index in [1.165, 1.54) is 59.2 Å². The van der Waals surface area contributed by atoms with Crippen molar-refractivity contribution in [3.8, 4) is 0 Å². The molecule has 1 aliphatic rings. The molecule has 0 saturated heterocycles. The summed E-state index contributed by atoms with van der Waals surface area (Å²) in [6.45, 7) is 11.5. The number of hydrogen-bond acceptors (Lipinski definition) is 0. The molecule has 0 spiro atoms. The van der Waals surface area contributed by atoms with E-state index in [1.54, 1.807) is 0 Å². The van der Waals surface area contributed by atoms with Crippen LogP contribution in [0.2, 0.25) is 0 Å². The molecule has 0 aliphatic heterocycles. The van der Waals surface area contributed by atoms with Crippen LogP contribution in [0.5, 0.6) is 0 Å². The molecule has 0 heterocycles. The Morgan fingerprint density at radius 3 is 1.59 bits per heavy atom. The summed E-state index contributed by atoms with van der Waals surface area (Å²) in [6, 6.07) is 21.3. The van der Waals surface area contributed by atoms with Crippen LogP contribution in [0.4, 0.5) is 0 Å². The minimum atomic E-state index is 0. The maximum Gasteiger partial charge on any atom is 2.00 e. The van der Waals surface area contributed by atoms with Gasteiger partial charge in [0.25, 0.3) is 0 Å². The summed E-state index contributed by atoms with van der Waals surface area (Å²) >= 11 is 0. The van der Waals surface area contributed by atoms with E-state index in [1.807, 2.05) is 0 Å². The van der Waals surface area contributed by atoms with Gasteiger partial charge < -0.3 is 5.73 Å². The molecule has 3 heteroatoms. The molecular weight excluding hydrogens is 438 g/mol. The summed E-state index contributed by atoms with van der Waals surface area (Å²) in [6.07, 6.45) is 11.1. The summed E-state index contributed by atoms with van der Waals surface area (Å²) in [5.41, 5.74) is 11.1. The fourth-order valence-electron chi connectivity index (χ4n) is 3.36.